The molecule has 0 heterocycles. The van der Waals surface area contributed by atoms with Crippen LogP contribution in [0.4, 0.5) is 0 Å². The van der Waals surface area contributed by atoms with Crippen molar-refractivity contribution in [2.24, 2.45) is 0 Å². The molecule has 0 aliphatic rings. The van der Waals surface area contributed by atoms with Crippen molar-refractivity contribution in [1.29, 1.82) is 0 Å². The molecule has 1 N–H and O–H groups in total. The summed E-state index contributed by atoms with van der Waals surface area (Å²) in [6.07, 6.45) is 0. The number of benzene rings is 3. The minimum atomic E-state index is -4.44. The molecule has 0 aliphatic carbocycles. The minimum absolute atomic E-state index is 0.00399. The molecule has 0 bridgehead atoms. The zero-order chi connectivity index (χ0) is 22.1. The van der Waals surface area contributed by atoms with Gasteiger partial charge in [-0.1, -0.05) is 35.9 Å². The number of hydrogen-bond acceptors (Lipinski definition) is 5. The molecule has 3 rings (SSSR count). The second kappa shape index (κ2) is 8.39. The van der Waals surface area contributed by atoms with Crippen LogP contribution in [0.15, 0.2) is 70.5 Å². The van der Waals surface area contributed by atoms with E-state index in [0.29, 0.717) is 22.3 Å². The Balaban J connectivity index is 2.16. The zero-order valence-corrected chi connectivity index (χ0v) is 18.6. The van der Waals surface area contributed by atoms with Gasteiger partial charge in [0.2, 0.25) is 0 Å². The first-order valence-electron chi connectivity index (χ1n) is 8.80. The third-order valence-corrected chi connectivity index (χ3v) is 6.91. The Labute approximate surface area is 181 Å². The molecule has 6 nitrogen and oxygen atoms in total. The smallest absolute Gasteiger partial charge is 0.339 e. The van der Waals surface area contributed by atoms with E-state index in [1.165, 1.54) is 36.4 Å². The van der Waals surface area contributed by atoms with Gasteiger partial charge in [0.25, 0.3) is 10.1 Å². The lowest BCUT2D eigenvalue weighted by Gasteiger charge is -2.15. The van der Waals surface area contributed by atoms with E-state index in [2.05, 4.69) is 0 Å². The number of aryl methyl sites for hydroxylation is 2. The SMILES string of the molecule is Cc1ccc(S(=O)(=O)Oc2cc(CCl)ccc2-c2cc(S(=O)(=O)O)ccc2C)cc1. The maximum atomic E-state index is 12.8. The molecule has 0 aliphatic heterocycles. The van der Waals surface area contributed by atoms with E-state index in [-0.39, 0.29) is 21.4 Å². The van der Waals surface area contributed by atoms with Crippen LogP contribution >= 0.6 is 11.6 Å². The number of alkyl halides is 1. The number of halogens is 1. The summed E-state index contributed by atoms with van der Waals surface area (Å²) in [7, 11) is -8.59. The lowest BCUT2D eigenvalue weighted by atomic mass is 9.99. The van der Waals surface area contributed by atoms with Crippen LogP contribution in [-0.4, -0.2) is 21.4 Å². The summed E-state index contributed by atoms with van der Waals surface area (Å²) in [6.45, 7) is 3.57. The molecule has 0 saturated carbocycles. The van der Waals surface area contributed by atoms with E-state index in [4.69, 9.17) is 15.8 Å². The molecule has 0 atom stereocenters. The van der Waals surface area contributed by atoms with Gasteiger partial charge in [-0.2, -0.15) is 16.8 Å². The van der Waals surface area contributed by atoms with Gasteiger partial charge in [-0.3, -0.25) is 4.55 Å². The Morgan fingerprint density at radius 3 is 2.07 bits per heavy atom. The van der Waals surface area contributed by atoms with Gasteiger partial charge in [-0.25, -0.2) is 0 Å². The van der Waals surface area contributed by atoms with Gasteiger partial charge in [0.05, 0.1) is 4.90 Å². The Bertz CT molecular complexity index is 1300. The molecule has 0 unspecified atom stereocenters. The molecule has 30 heavy (non-hydrogen) atoms. The predicted octanol–water partition coefficient (Wildman–Crippen LogP) is 4.72. The van der Waals surface area contributed by atoms with Crippen molar-refractivity contribution in [2.75, 3.05) is 0 Å². The van der Waals surface area contributed by atoms with Crippen LogP contribution in [0.5, 0.6) is 5.75 Å². The third kappa shape index (κ3) is 4.84. The topological polar surface area (TPSA) is 97.7 Å². The highest BCUT2D eigenvalue weighted by molar-refractivity contribution is 7.87. The average Bonchev–Trinajstić information content (AvgIpc) is 2.67. The molecular formula is C21H19ClO6S2. The van der Waals surface area contributed by atoms with Gasteiger partial charge < -0.3 is 4.18 Å². The lowest BCUT2D eigenvalue weighted by Crippen LogP contribution is -2.11. The standard InChI is InChI=1S/C21H19ClO6S2/c1-14-3-7-17(8-4-14)30(26,27)28-21-11-16(13-22)6-10-19(21)20-12-18(29(23,24)25)9-5-15(20)2/h3-12H,13H2,1-2H3,(H,23,24,25). The van der Waals surface area contributed by atoms with Crippen molar-refractivity contribution < 1.29 is 25.6 Å². The zero-order valence-electron chi connectivity index (χ0n) is 16.2. The summed E-state index contributed by atoms with van der Waals surface area (Å²) in [5.74, 6) is 0.134. The summed E-state index contributed by atoms with van der Waals surface area (Å²) >= 11 is 5.90. The largest absolute Gasteiger partial charge is 0.378 e. The van der Waals surface area contributed by atoms with E-state index in [0.717, 1.165) is 5.56 Å². The van der Waals surface area contributed by atoms with E-state index in [1.54, 1.807) is 31.2 Å². The Kier molecular flexibility index (Phi) is 6.24. The highest BCUT2D eigenvalue weighted by atomic mass is 35.5. The summed E-state index contributed by atoms with van der Waals surface area (Å²) < 4.78 is 63.6. The van der Waals surface area contributed by atoms with Gasteiger partial charge in [0, 0.05) is 11.4 Å². The number of rotatable bonds is 6. The average molecular weight is 467 g/mol. The van der Waals surface area contributed by atoms with E-state index >= 15 is 0 Å². The van der Waals surface area contributed by atoms with Gasteiger partial charge >= 0.3 is 10.1 Å². The Morgan fingerprint density at radius 1 is 0.833 bits per heavy atom. The van der Waals surface area contributed by atoms with Crippen LogP contribution in [0.25, 0.3) is 11.1 Å². The summed E-state index contributed by atoms with van der Waals surface area (Å²) in [5, 5.41) is 0. The Hall–Kier alpha value is -2.39. The molecule has 3 aromatic carbocycles. The minimum Gasteiger partial charge on any atom is -0.378 e. The molecule has 9 heteroatoms. The molecule has 0 saturated heterocycles. The fourth-order valence-electron chi connectivity index (χ4n) is 2.86. The second-order valence-corrected chi connectivity index (χ2v) is 10.0. The van der Waals surface area contributed by atoms with Crippen LogP contribution < -0.4 is 4.18 Å². The first kappa shape index (κ1) is 22.3. The van der Waals surface area contributed by atoms with Crippen molar-refractivity contribution in [3.63, 3.8) is 0 Å². The van der Waals surface area contributed by atoms with E-state index < -0.39 is 20.2 Å². The molecular weight excluding hydrogens is 448 g/mol. The van der Waals surface area contributed by atoms with Crippen molar-refractivity contribution in [2.45, 2.75) is 29.5 Å². The van der Waals surface area contributed by atoms with E-state index in [9.17, 15) is 21.4 Å². The predicted molar refractivity (Wildman–Crippen MR) is 115 cm³/mol. The molecule has 0 fully saturated rings. The fraction of sp³-hybridized carbons (Fsp3) is 0.143. The summed E-state index contributed by atoms with van der Waals surface area (Å²) in [4.78, 5) is -0.324. The maximum Gasteiger partial charge on any atom is 0.339 e. The van der Waals surface area contributed by atoms with Crippen LogP contribution in [0, 0.1) is 13.8 Å². The fourth-order valence-corrected chi connectivity index (χ4v) is 4.48. The summed E-state index contributed by atoms with van der Waals surface area (Å²) in [6, 6.07) is 15.1. The molecule has 0 amide bonds. The van der Waals surface area contributed by atoms with Gasteiger partial charge in [0.1, 0.15) is 4.90 Å². The van der Waals surface area contributed by atoms with Crippen molar-refractivity contribution in [1.82, 2.24) is 0 Å². The van der Waals surface area contributed by atoms with Gasteiger partial charge in [0.15, 0.2) is 5.75 Å². The van der Waals surface area contributed by atoms with E-state index in [1.807, 2.05) is 6.92 Å². The van der Waals surface area contributed by atoms with Crippen LogP contribution in [0.1, 0.15) is 16.7 Å². The Morgan fingerprint density at radius 2 is 1.47 bits per heavy atom. The normalized spacial score (nSPS) is 12.0. The molecule has 0 aromatic heterocycles. The molecule has 0 radical (unpaired) electrons. The van der Waals surface area contributed by atoms with Crippen LogP contribution in [-0.2, 0) is 26.1 Å². The van der Waals surface area contributed by atoms with Crippen molar-refractivity contribution >= 4 is 31.8 Å². The maximum absolute atomic E-state index is 12.8. The van der Waals surface area contributed by atoms with Crippen molar-refractivity contribution in [3.8, 4) is 16.9 Å². The molecule has 158 valence electrons. The highest BCUT2D eigenvalue weighted by Crippen LogP contribution is 2.36. The number of hydrogen-bond donors (Lipinski definition) is 1. The summed E-state index contributed by atoms with van der Waals surface area (Å²) in [5.41, 5.74) is 2.94. The molecule has 3 aromatic rings. The van der Waals surface area contributed by atoms with Crippen LogP contribution in [0.3, 0.4) is 0 Å². The lowest BCUT2D eigenvalue weighted by molar-refractivity contribution is 0.481. The van der Waals surface area contributed by atoms with Gasteiger partial charge in [-0.05, 0) is 60.9 Å². The third-order valence-electron chi connectivity index (χ3n) is 4.51. The van der Waals surface area contributed by atoms with Crippen LogP contribution in [0.2, 0.25) is 0 Å². The first-order chi connectivity index (χ1) is 14.0. The highest BCUT2D eigenvalue weighted by Gasteiger charge is 2.21. The molecule has 0 spiro atoms. The monoisotopic (exact) mass is 466 g/mol. The second-order valence-electron chi connectivity index (χ2n) is 6.77. The van der Waals surface area contributed by atoms with Gasteiger partial charge in [-0.15, -0.1) is 11.6 Å². The first-order valence-corrected chi connectivity index (χ1v) is 12.2. The van der Waals surface area contributed by atoms with Crippen molar-refractivity contribution in [3.05, 3.63) is 77.4 Å². The quantitative estimate of drug-likeness (QED) is 0.320.